The van der Waals surface area contributed by atoms with Crippen LogP contribution >= 0.6 is 0 Å². The van der Waals surface area contributed by atoms with Crippen LogP contribution in [0.25, 0.3) is 0 Å². The maximum absolute atomic E-state index is 13.0. The summed E-state index contributed by atoms with van der Waals surface area (Å²) in [5, 5.41) is 14.6. The van der Waals surface area contributed by atoms with E-state index >= 15 is 0 Å². The molecule has 11 heteroatoms. The molecule has 2 aromatic heterocycles. The quantitative estimate of drug-likeness (QED) is 0.336. The Bertz CT molecular complexity index is 1220. The Hall–Kier alpha value is -3.89. The van der Waals surface area contributed by atoms with Crippen molar-refractivity contribution in [2.45, 2.75) is 77.9 Å². The fraction of sp³-hybridized carbons (Fsp3) is 0.552. The van der Waals surface area contributed by atoms with Gasteiger partial charge in [-0.3, -0.25) is 19.4 Å². The van der Waals surface area contributed by atoms with Crippen LogP contribution in [0.4, 0.5) is 16.2 Å². The molecule has 1 aliphatic rings. The van der Waals surface area contributed by atoms with Crippen LogP contribution in [0, 0.1) is 5.92 Å². The van der Waals surface area contributed by atoms with Crippen LogP contribution < -0.4 is 21.1 Å². The lowest BCUT2D eigenvalue weighted by atomic mass is 9.96. The minimum absolute atomic E-state index is 0.157. The van der Waals surface area contributed by atoms with Gasteiger partial charge in [0.1, 0.15) is 12.1 Å². The van der Waals surface area contributed by atoms with Gasteiger partial charge < -0.3 is 29.9 Å². The second-order valence-electron chi connectivity index (χ2n) is 11.2. The van der Waals surface area contributed by atoms with E-state index in [1.165, 1.54) is 18.3 Å². The molecule has 40 heavy (non-hydrogen) atoms. The van der Waals surface area contributed by atoms with Gasteiger partial charge in [0.25, 0.3) is 5.56 Å². The molecule has 0 aromatic carbocycles. The molecule has 3 heterocycles. The Kier molecular flexibility index (Phi) is 11.1. The van der Waals surface area contributed by atoms with Crippen LogP contribution in [0.3, 0.4) is 0 Å². The number of nitrogens with one attached hydrogen (secondary N) is 2. The largest absolute Gasteiger partial charge is 0.480 e. The molecule has 0 unspecified atom stereocenters. The first kappa shape index (κ1) is 30.6. The smallest absolute Gasteiger partial charge is 0.407 e. The van der Waals surface area contributed by atoms with Crippen molar-refractivity contribution in [1.29, 1.82) is 0 Å². The normalized spacial score (nSPS) is 15.4. The number of anilines is 2. The number of aromatic nitrogens is 2. The number of amides is 2. The van der Waals surface area contributed by atoms with Gasteiger partial charge in [-0.05, 0) is 70.6 Å². The predicted octanol–water partition coefficient (Wildman–Crippen LogP) is 3.81. The Morgan fingerprint density at radius 1 is 1.12 bits per heavy atom. The number of hydrogen-bond donors (Lipinski definition) is 3. The standard InChI is InChI=1S/C29H41N5O6/c1-29(2,3)40-28(39)31-13-7-5-4-6-9-21-15-24(17-30-16-21)33-14-8-10-22(18-33)27(38)32-23-11-12-25(35)34(19-23)20-26(36)37/h11-12,15-17,19,22H,4-10,13-14,18,20H2,1-3H3,(H,31,39)(H,32,38)(H,36,37)/t22-/m0/s1. The number of nitrogens with zero attached hydrogens (tertiary/aromatic N) is 3. The van der Waals surface area contributed by atoms with Gasteiger partial charge in [0.2, 0.25) is 5.91 Å². The Morgan fingerprint density at radius 2 is 1.90 bits per heavy atom. The lowest BCUT2D eigenvalue weighted by Crippen LogP contribution is -2.41. The van der Waals surface area contributed by atoms with Crippen molar-refractivity contribution < 1.29 is 24.2 Å². The number of pyridine rings is 2. The van der Waals surface area contributed by atoms with Crippen LogP contribution in [0.5, 0.6) is 0 Å². The fourth-order valence-corrected chi connectivity index (χ4v) is 4.64. The van der Waals surface area contributed by atoms with Crippen LogP contribution in [0.15, 0.2) is 41.6 Å². The summed E-state index contributed by atoms with van der Waals surface area (Å²) in [5.41, 5.74) is 1.61. The Balaban J connectivity index is 1.44. The SMILES string of the molecule is CC(C)(C)OC(=O)NCCCCCCc1cncc(N2CCC[C@H](C(=O)Nc3ccc(=O)n(CC(=O)O)c3)C2)c1. The summed E-state index contributed by atoms with van der Waals surface area (Å²) < 4.78 is 6.30. The Morgan fingerprint density at radius 3 is 2.65 bits per heavy atom. The molecule has 1 fully saturated rings. The van der Waals surface area contributed by atoms with Gasteiger partial charge in [-0.2, -0.15) is 0 Å². The number of carboxylic acid groups (broad SMARTS) is 1. The van der Waals surface area contributed by atoms with E-state index in [0.717, 1.165) is 67.3 Å². The summed E-state index contributed by atoms with van der Waals surface area (Å²) in [6, 6.07) is 4.88. The molecule has 1 atom stereocenters. The van der Waals surface area contributed by atoms with E-state index in [4.69, 9.17) is 9.84 Å². The first-order valence-electron chi connectivity index (χ1n) is 13.9. The number of aliphatic carboxylic acids is 1. The number of carboxylic acids is 1. The monoisotopic (exact) mass is 555 g/mol. The highest BCUT2D eigenvalue weighted by Crippen LogP contribution is 2.25. The van der Waals surface area contributed by atoms with Gasteiger partial charge in [-0.15, -0.1) is 0 Å². The van der Waals surface area contributed by atoms with E-state index in [0.29, 0.717) is 18.8 Å². The van der Waals surface area contributed by atoms with Crippen molar-refractivity contribution in [3.8, 4) is 0 Å². The number of aryl methyl sites for hydroxylation is 1. The molecule has 2 amide bonds. The summed E-state index contributed by atoms with van der Waals surface area (Å²) >= 11 is 0. The van der Waals surface area contributed by atoms with E-state index < -0.39 is 23.7 Å². The van der Waals surface area contributed by atoms with Crippen LogP contribution in [0.2, 0.25) is 0 Å². The minimum atomic E-state index is -1.13. The van der Waals surface area contributed by atoms with Crippen molar-refractivity contribution in [3.63, 3.8) is 0 Å². The van der Waals surface area contributed by atoms with Crippen molar-refractivity contribution in [2.24, 2.45) is 5.92 Å². The second kappa shape index (κ2) is 14.5. The maximum atomic E-state index is 13.0. The summed E-state index contributed by atoms with van der Waals surface area (Å²) in [6.45, 7) is 7.05. The van der Waals surface area contributed by atoms with E-state index in [2.05, 4.69) is 26.6 Å². The number of piperidine rings is 1. The molecule has 218 valence electrons. The van der Waals surface area contributed by atoms with E-state index in [1.807, 2.05) is 33.2 Å². The highest BCUT2D eigenvalue weighted by molar-refractivity contribution is 5.93. The zero-order valence-corrected chi connectivity index (χ0v) is 23.6. The van der Waals surface area contributed by atoms with Gasteiger partial charge in [-0.1, -0.05) is 12.8 Å². The molecule has 0 radical (unpaired) electrons. The van der Waals surface area contributed by atoms with E-state index in [9.17, 15) is 19.2 Å². The number of carbonyl (C=O) groups excluding carboxylic acids is 2. The van der Waals surface area contributed by atoms with Gasteiger partial charge in [0, 0.05) is 38.1 Å². The fourth-order valence-electron chi connectivity index (χ4n) is 4.64. The topological polar surface area (TPSA) is 143 Å². The Labute approximate surface area is 234 Å². The number of carbonyl (C=O) groups is 3. The minimum Gasteiger partial charge on any atom is -0.480 e. The van der Waals surface area contributed by atoms with Gasteiger partial charge in [0.15, 0.2) is 0 Å². The third-order valence-electron chi connectivity index (χ3n) is 6.55. The average molecular weight is 556 g/mol. The zero-order chi connectivity index (χ0) is 29.1. The predicted molar refractivity (Wildman–Crippen MR) is 153 cm³/mol. The summed E-state index contributed by atoms with van der Waals surface area (Å²) in [7, 11) is 0. The molecule has 1 aliphatic heterocycles. The number of unbranched alkanes of at least 4 members (excludes halogenated alkanes) is 3. The van der Waals surface area contributed by atoms with Crippen LogP contribution in [-0.4, -0.2) is 57.9 Å². The summed E-state index contributed by atoms with van der Waals surface area (Å²) in [5.74, 6) is -1.53. The van der Waals surface area contributed by atoms with E-state index in [1.54, 1.807) is 0 Å². The highest BCUT2D eigenvalue weighted by atomic mass is 16.6. The zero-order valence-electron chi connectivity index (χ0n) is 23.6. The number of rotatable bonds is 12. The lowest BCUT2D eigenvalue weighted by Gasteiger charge is -2.33. The first-order chi connectivity index (χ1) is 19.0. The van der Waals surface area contributed by atoms with Gasteiger partial charge in [0.05, 0.1) is 23.5 Å². The lowest BCUT2D eigenvalue weighted by molar-refractivity contribution is -0.137. The van der Waals surface area contributed by atoms with Gasteiger partial charge >= 0.3 is 12.1 Å². The van der Waals surface area contributed by atoms with Crippen molar-refractivity contribution in [2.75, 3.05) is 29.9 Å². The second-order valence-corrected chi connectivity index (χ2v) is 11.2. The maximum Gasteiger partial charge on any atom is 0.407 e. The highest BCUT2D eigenvalue weighted by Gasteiger charge is 2.26. The first-order valence-corrected chi connectivity index (χ1v) is 13.9. The molecule has 1 saturated heterocycles. The molecule has 0 spiro atoms. The molecule has 3 rings (SSSR count). The molecule has 0 aliphatic carbocycles. The van der Waals surface area contributed by atoms with Crippen molar-refractivity contribution in [3.05, 3.63) is 52.7 Å². The average Bonchev–Trinajstić information content (AvgIpc) is 2.89. The number of alkyl carbamates (subject to hydrolysis) is 1. The third kappa shape index (κ3) is 10.3. The summed E-state index contributed by atoms with van der Waals surface area (Å²) in [4.78, 5) is 54.1. The van der Waals surface area contributed by atoms with Crippen molar-refractivity contribution in [1.82, 2.24) is 14.9 Å². The molecular formula is C29H41N5O6. The molecule has 2 aromatic rings. The summed E-state index contributed by atoms with van der Waals surface area (Å²) in [6.07, 6.45) is 11.2. The third-order valence-corrected chi connectivity index (χ3v) is 6.55. The van der Waals surface area contributed by atoms with Gasteiger partial charge in [-0.25, -0.2) is 4.79 Å². The van der Waals surface area contributed by atoms with Crippen molar-refractivity contribution >= 4 is 29.3 Å². The molecular weight excluding hydrogens is 514 g/mol. The number of hydrogen-bond acceptors (Lipinski definition) is 7. The number of ether oxygens (including phenoxy) is 1. The van der Waals surface area contributed by atoms with Crippen LogP contribution in [-0.2, 0) is 27.3 Å². The molecule has 0 bridgehead atoms. The van der Waals surface area contributed by atoms with E-state index in [-0.39, 0.29) is 17.9 Å². The van der Waals surface area contributed by atoms with Crippen LogP contribution in [0.1, 0.15) is 64.9 Å². The molecule has 11 nitrogen and oxygen atoms in total. The molecule has 3 N–H and O–H groups in total. The molecule has 0 saturated carbocycles.